The summed E-state index contributed by atoms with van der Waals surface area (Å²) in [6.45, 7) is 3.30. The first-order valence-electron chi connectivity index (χ1n) is 13.3. The molecule has 1 amide bonds. The van der Waals surface area contributed by atoms with E-state index < -0.39 is 32.7 Å². The van der Waals surface area contributed by atoms with Crippen LogP contribution < -0.4 is 0 Å². The zero-order valence-corrected chi connectivity index (χ0v) is 22.2. The van der Waals surface area contributed by atoms with Gasteiger partial charge in [0.05, 0.1) is 16.9 Å². The summed E-state index contributed by atoms with van der Waals surface area (Å²) in [5, 5.41) is 0. The molecule has 0 radical (unpaired) electrons. The van der Waals surface area contributed by atoms with Gasteiger partial charge in [-0.3, -0.25) is 4.79 Å². The maximum atomic E-state index is 14.5. The first-order chi connectivity index (χ1) is 17.5. The lowest BCUT2D eigenvalue weighted by molar-refractivity contribution is -0.146. The third kappa shape index (κ3) is 4.29. The molecule has 3 atom stereocenters. The third-order valence-electron chi connectivity index (χ3n) is 8.92. The number of amides is 1. The molecule has 200 valence electrons. The zero-order chi connectivity index (χ0) is 26.6. The van der Waals surface area contributed by atoms with Crippen molar-refractivity contribution in [1.29, 1.82) is 0 Å². The molecule has 3 aliphatic rings. The zero-order valence-electron chi connectivity index (χ0n) is 21.4. The van der Waals surface area contributed by atoms with Gasteiger partial charge in [0.25, 0.3) is 0 Å². The second kappa shape index (κ2) is 9.44. The van der Waals surface area contributed by atoms with Crippen molar-refractivity contribution in [2.75, 3.05) is 6.54 Å². The fraction of sp³-hybridized carbons (Fsp3) is 0.552. The van der Waals surface area contributed by atoms with Crippen molar-refractivity contribution in [2.24, 2.45) is 5.92 Å². The molecular weight excluding hydrogens is 499 g/mol. The molecule has 37 heavy (non-hydrogen) atoms. The van der Waals surface area contributed by atoms with Crippen LogP contribution in [-0.2, 0) is 25.8 Å². The Bertz CT molecular complexity index is 1300. The number of hydrogen-bond acceptors (Lipinski definition) is 3. The molecule has 1 aliphatic heterocycles. The number of carbonyl (C=O) groups is 1. The minimum Gasteiger partial charge on any atom is -0.337 e. The molecular formula is C29H34F3NO3S. The van der Waals surface area contributed by atoms with Crippen LogP contribution in [0.2, 0.25) is 0 Å². The summed E-state index contributed by atoms with van der Waals surface area (Å²) < 4.78 is 68.1. The van der Waals surface area contributed by atoms with Gasteiger partial charge in [0.1, 0.15) is 4.75 Å². The molecule has 0 N–H and O–H groups in total. The van der Waals surface area contributed by atoms with E-state index in [1.54, 1.807) is 35.2 Å². The number of rotatable bonds is 4. The van der Waals surface area contributed by atoms with Crippen LogP contribution in [0.25, 0.3) is 0 Å². The van der Waals surface area contributed by atoms with Crippen molar-refractivity contribution in [3.63, 3.8) is 0 Å². The second-order valence-electron chi connectivity index (χ2n) is 11.1. The normalized spacial score (nSPS) is 25.4. The van der Waals surface area contributed by atoms with Gasteiger partial charge in [-0.1, -0.05) is 49.6 Å². The molecule has 2 aromatic rings. The summed E-state index contributed by atoms with van der Waals surface area (Å²) in [4.78, 5) is 15.7. The fourth-order valence-corrected chi connectivity index (χ4v) is 9.32. The summed E-state index contributed by atoms with van der Waals surface area (Å²) in [5.74, 6) is -1.69. The summed E-state index contributed by atoms with van der Waals surface area (Å²) in [5.41, 5.74) is 2.16. The van der Waals surface area contributed by atoms with E-state index in [0.29, 0.717) is 30.5 Å². The van der Waals surface area contributed by atoms with Crippen LogP contribution in [0.3, 0.4) is 0 Å². The molecule has 0 aromatic heterocycles. The number of halogens is 3. The summed E-state index contributed by atoms with van der Waals surface area (Å²) in [6, 6.07) is 10.8. The second-order valence-corrected chi connectivity index (χ2v) is 13.3. The number of carbonyl (C=O) groups excluding carboxylic acids is 1. The summed E-state index contributed by atoms with van der Waals surface area (Å²) in [6.07, 6.45) is 1.50. The standard InChI is InChI=1S/C29H34F3NO3S/c1-19-7-6-10-24(17-19)37(35,36)28-15-16-33(27(34)21-8-4-3-5-9-21)26(28)14-12-23-18-22(11-13-25(23)28)20(2)29(30,31)32/h6-7,10-11,13,17-18,20-21,26H,3-5,8-9,12,14-16H2,1-2H3. The van der Waals surface area contributed by atoms with E-state index in [1.165, 1.54) is 6.07 Å². The molecule has 1 saturated carbocycles. The van der Waals surface area contributed by atoms with Gasteiger partial charge < -0.3 is 4.90 Å². The maximum Gasteiger partial charge on any atom is 0.395 e. The van der Waals surface area contributed by atoms with Crippen LogP contribution in [0, 0.1) is 12.8 Å². The Morgan fingerprint density at radius 2 is 1.78 bits per heavy atom. The van der Waals surface area contributed by atoms with E-state index in [0.717, 1.165) is 44.6 Å². The van der Waals surface area contributed by atoms with Crippen LogP contribution in [0.1, 0.15) is 80.0 Å². The van der Waals surface area contributed by atoms with Crippen LogP contribution in [0.4, 0.5) is 13.2 Å². The Kier molecular flexibility index (Phi) is 6.70. The highest BCUT2D eigenvalue weighted by Crippen LogP contribution is 2.54. The molecule has 2 aromatic carbocycles. The Balaban J connectivity index is 1.64. The number of alkyl halides is 3. The lowest BCUT2D eigenvalue weighted by Gasteiger charge is -2.43. The smallest absolute Gasteiger partial charge is 0.337 e. The minimum absolute atomic E-state index is 0.0387. The Hall–Kier alpha value is -2.35. The number of nitrogens with zero attached hydrogens (tertiary/aromatic N) is 1. The van der Waals surface area contributed by atoms with Crippen molar-refractivity contribution in [1.82, 2.24) is 4.90 Å². The van der Waals surface area contributed by atoms with Gasteiger partial charge in [0, 0.05) is 12.5 Å². The molecule has 1 heterocycles. The highest BCUT2D eigenvalue weighted by atomic mass is 32.2. The topological polar surface area (TPSA) is 54.5 Å². The fourth-order valence-electron chi connectivity index (χ4n) is 6.85. The Morgan fingerprint density at radius 3 is 2.46 bits per heavy atom. The first-order valence-corrected chi connectivity index (χ1v) is 14.8. The Morgan fingerprint density at radius 1 is 1.05 bits per heavy atom. The SMILES string of the molecule is Cc1cccc(S(=O)(=O)C23CCN(C(=O)C4CCCCC4)C2CCc2cc(C(C)C(F)(F)F)ccc23)c1. The molecule has 8 heteroatoms. The van der Waals surface area contributed by atoms with Crippen molar-refractivity contribution in [3.8, 4) is 0 Å². The predicted molar refractivity (Wildman–Crippen MR) is 136 cm³/mol. The van der Waals surface area contributed by atoms with Gasteiger partial charge >= 0.3 is 6.18 Å². The van der Waals surface area contributed by atoms with Gasteiger partial charge in [-0.2, -0.15) is 13.2 Å². The van der Waals surface area contributed by atoms with E-state index in [1.807, 2.05) is 13.0 Å². The predicted octanol–water partition coefficient (Wildman–Crippen LogP) is 6.46. The Labute approximate surface area is 217 Å². The minimum atomic E-state index is -4.38. The van der Waals surface area contributed by atoms with Gasteiger partial charge in [0.15, 0.2) is 9.84 Å². The molecule has 3 unspecified atom stereocenters. The van der Waals surface area contributed by atoms with Crippen molar-refractivity contribution < 1.29 is 26.4 Å². The molecule has 2 fully saturated rings. The number of aryl methyl sites for hydroxylation is 2. The van der Waals surface area contributed by atoms with E-state index in [4.69, 9.17) is 0 Å². The van der Waals surface area contributed by atoms with Crippen LogP contribution >= 0.6 is 0 Å². The highest BCUT2D eigenvalue weighted by Gasteiger charge is 2.61. The average Bonchev–Trinajstić information content (AvgIpc) is 3.29. The van der Waals surface area contributed by atoms with Crippen molar-refractivity contribution in [3.05, 3.63) is 64.7 Å². The lowest BCUT2D eigenvalue weighted by Crippen LogP contribution is -2.53. The van der Waals surface area contributed by atoms with Gasteiger partial charge in [-0.15, -0.1) is 0 Å². The highest BCUT2D eigenvalue weighted by molar-refractivity contribution is 7.92. The monoisotopic (exact) mass is 533 g/mol. The van der Waals surface area contributed by atoms with E-state index in [9.17, 15) is 26.4 Å². The molecule has 1 saturated heterocycles. The lowest BCUT2D eigenvalue weighted by atomic mass is 9.77. The van der Waals surface area contributed by atoms with Crippen molar-refractivity contribution >= 4 is 15.7 Å². The van der Waals surface area contributed by atoms with Crippen molar-refractivity contribution in [2.45, 2.75) is 93.0 Å². The van der Waals surface area contributed by atoms with Gasteiger partial charge in [-0.05, 0) is 80.3 Å². The van der Waals surface area contributed by atoms with E-state index in [2.05, 4.69) is 0 Å². The number of sulfone groups is 1. The van der Waals surface area contributed by atoms with Crippen LogP contribution in [-0.4, -0.2) is 38.0 Å². The van der Waals surface area contributed by atoms with Gasteiger partial charge in [-0.25, -0.2) is 8.42 Å². The quantitative estimate of drug-likeness (QED) is 0.453. The molecule has 5 rings (SSSR count). The summed E-state index contributed by atoms with van der Waals surface area (Å²) >= 11 is 0. The van der Waals surface area contributed by atoms with E-state index >= 15 is 0 Å². The summed E-state index contributed by atoms with van der Waals surface area (Å²) in [7, 11) is -3.97. The van der Waals surface area contributed by atoms with Gasteiger partial charge in [0.2, 0.25) is 5.91 Å². The molecule has 4 nitrogen and oxygen atoms in total. The third-order valence-corrected chi connectivity index (χ3v) is 11.4. The number of fused-ring (bicyclic) bond motifs is 3. The van der Waals surface area contributed by atoms with Crippen LogP contribution in [0.15, 0.2) is 47.4 Å². The molecule has 2 aliphatic carbocycles. The average molecular weight is 534 g/mol. The molecule has 0 spiro atoms. The number of likely N-dealkylation sites (tertiary alicyclic amines) is 1. The van der Waals surface area contributed by atoms with Crippen LogP contribution in [0.5, 0.6) is 0 Å². The number of hydrogen-bond donors (Lipinski definition) is 0. The largest absolute Gasteiger partial charge is 0.395 e. The number of benzene rings is 2. The molecule has 0 bridgehead atoms. The van der Waals surface area contributed by atoms with E-state index in [-0.39, 0.29) is 28.7 Å². The maximum absolute atomic E-state index is 14.5. The first kappa shape index (κ1) is 26.3.